The van der Waals surface area contributed by atoms with Crippen molar-refractivity contribution in [3.8, 4) is 0 Å². The second-order valence-electron chi connectivity index (χ2n) is 6.97. The number of hydrogen-bond donors (Lipinski definition) is 1. The van der Waals surface area contributed by atoms with Crippen LogP contribution in [0.15, 0.2) is 18.3 Å². The fourth-order valence-corrected chi connectivity index (χ4v) is 2.62. The molecular weight excluding hydrogens is 294 g/mol. The number of pyridine rings is 1. The van der Waals surface area contributed by atoms with Gasteiger partial charge in [-0.25, -0.2) is 4.79 Å². The van der Waals surface area contributed by atoms with Crippen LogP contribution in [-0.4, -0.2) is 57.8 Å². The van der Waals surface area contributed by atoms with Gasteiger partial charge in [0, 0.05) is 38.9 Å². The Kier molecular flexibility index (Phi) is 5.59. The molecule has 0 radical (unpaired) electrons. The summed E-state index contributed by atoms with van der Waals surface area (Å²) in [5, 5.41) is 9.81. The first-order valence-electron chi connectivity index (χ1n) is 8.08. The average Bonchev–Trinajstić information content (AvgIpc) is 2.46. The monoisotopic (exact) mass is 321 g/mol. The van der Waals surface area contributed by atoms with Gasteiger partial charge in [-0.05, 0) is 39.3 Å². The first-order chi connectivity index (χ1) is 10.8. The molecule has 2 rings (SSSR count). The highest BCUT2D eigenvalue weighted by Gasteiger charge is 2.26. The predicted octanol–water partition coefficient (Wildman–Crippen LogP) is 2.19. The van der Waals surface area contributed by atoms with Crippen LogP contribution in [0, 0.1) is 0 Å². The van der Waals surface area contributed by atoms with Crippen molar-refractivity contribution in [1.82, 2.24) is 14.8 Å². The smallest absolute Gasteiger partial charge is 0.410 e. The number of carbonyl (C=O) groups excluding carboxylic acids is 1. The van der Waals surface area contributed by atoms with Crippen molar-refractivity contribution < 1.29 is 14.6 Å². The number of hydrogen-bond acceptors (Lipinski definition) is 5. The molecule has 1 aromatic rings. The van der Waals surface area contributed by atoms with Crippen molar-refractivity contribution >= 4 is 6.09 Å². The van der Waals surface area contributed by atoms with E-state index >= 15 is 0 Å². The Morgan fingerprint density at radius 3 is 2.57 bits per heavy atom. The van der Waals surface area contributed by atoms with Gasteiger partial charge in [-0.2, -0.15) is 0 Å². The van der Waals surface area contributed by atoms with E-state index in [4.69, 9.17) is 4.74 Å². The van der Waals surface area contributed by atoms with Crippen LogP contribution in [0.1, 0.15) is 45.1 Å². The summed E-state index contributed by atoms with van der Waals surface area (Å²) in [5.41, 5.74) is 1.30. The third kappa shape index (κ3) is 5.18. The van der Waals surface area contributed by atoms with Gasteiger partial charge in [0.25, 0.3) is 0 Å². The maximum Gasteiger partial charge on any atom is 0.410 e. The van der Waals surface area contributed by atoms with Crippen molar-refractivity contribution in [2.24, 2.45) is 0 Å². The summed E-state index contributed by atoms with van der Waals surface area (Å²) in [6, 6.07) is 3.88. The Balaban J connectivity index is 1.89. The molecule has 6 nitrogen and oxygen atoms in total. The molecule has 128 valence electrons. The fourth-order valence-electron chi connectivity index (χ4n) is 2.62. The molecule has 1 aliphatic heterocycles. The van der Waals surface area contributed by atoms with E-state index in [1.807, 2.05) is 32.9 Å². The van der Waals surface area contributed by atoms with E-state index in [9.17, 15) is 9.90 Å². The number of ether oxygens (including phenoxy) is 1. The van der Waals surface area contributed by atoms with Crippen molar-refractivity contribution in [2.75, 3.05) is 26.2 Å². The molecule has 1 amide bonds. The Bertz CT molecular complexity index is 532. The second-order valence-corrected chi connectivity index (χ2v) is 6.97. The summed E-state index contributed by atoms with van der Waals surface area (Å²) < 4.78 is 5.41. The molecule has 0 aromatic carbocycles. The van der Waals surface area contributed by atoms with E-state index in [1.165, 1.54) is 0 Å². The molecule has 0 spiro atoms. The molecule has 23 heavy (non-hydrogen) atoms. The van der Waals surface area contributed by atoms with Crippen LogP contribution >= 0.6 is 0 Å². The maximum atomic E-state index is 12.1. The zero-order valence-corrected chi connectivity index (χ0v) is 14.5. The lowest BCUT2D eigenvalue weighted by Gasteiger charge is -2.35. The van der Waals surface area contributed by atoms with Crippen LogP contribution in [0.25, 0.3) is 0 Å². The molecule has 1 fully saturated rings. The molecule has 1 aromatic heterocycles. The third-order valence-electron chi connectivity index (χ3n) is 3.74. The molecule has 1 atom stereocenters. The number of rotatable bonds is 3. The maximum absolute atomic E-state index is 12.1. The minimum Gasteiger partial charge on any atom is -0.444 e. The van der Waals surface area contributed by atoms with Crippen LogP contribution in [-0.2, 0) is 11.3 Å². The zero-order valence-electron chi connectivity index (χ0n) is 14.5. The molecule has 1 unspecified atom stereocenters. The highest BCUT2D eigenvalue weighted by atomic mass is 16.6. The van der Waals surface area contributed by atoms with E-state index in [2.05, 4.69) is 9.88 Å². The molecule has 0 aliphatic carbocycles. The lowest BCUT2D eigenvalue weighted by molar-refractivity contribution is 0.0138. The van der Waals surface area contributed by atoms with E-state index in [-0.39, 0.29) is 6.09 Å². The molecule has 0 bridgehead atoms. The minimum atomic E-state index is -0.575. The number of aliphatic hydroxyl groups is 1. The quantitative estimate of drug-likeness (QED) is 0.924. The van der Waals surface area contributed by atoms with Crippen molar-refractivity contribution in [3.05, 3.63) is 29.6 Å². The van der Waals surface area contributed by atoms with Crippen LogP contribution < -0.4 is 0 Å². The van der Waals surface area contributed by atoms with E-state index in [0.717, 1.165) is 30.9 Å². The Morgan fingerprint density at radius 1 is 1.35 bits per heavy atom. The van der Waals surface area contributed by atoms with E-state index in [1.54, 1.807) is 18.0 Å². The molecule has 1 saturated heterocycles. The summed E-state index contributed by atoms with van der Waals surface area (Å²) in [6.07, 6.45) is 0.879. The van der Waals surface area contributed by atoms with Crippen LogP contribution in [0.3, 0.4) is 0 Å². The lowest BCUT2D eigenvalue weighted by Crippen LogP contribution is -2.49. The number of amides is 1. The highest BCUT2D eigenvalue weighted by Crippen LogP contribution is 2.18. The fraction of sp³-hybridized carbons (Fsp3) is 0.647. The largest absolute Gasteiger partial charge is 0.444 e. The molecule has 1 aliphatic rings. The third-order valence-corrected chi connectivity index (χ3v) is 3.74. The number of nitrogens with zero attached hydrogens (tertiary/aromatic N) is 3. The molecule has 0 saturated carbocycles. The summed E-state index contributed by atoms with van der Waals surface area (Å²) in [7, 11) is 0. The van der Waals surface area contributed by atoms with E-state index < -0.39 is 11.7 Å². The number of aliphatic hydroxyl groups excluding tert-OH is 1. The van der Waals surface area contributed by atoms with Gasteiger partial charge in [0.2, 0.25) is 0 Å². The first-order valence-corrected chi connectivity index (χ1v) is 8.08. The zero-order chi connectivity index (χ0) is 17.0. The molecule has 6 heteroatoms. The number of aromatic nitrogens is 1. The Labute approximate surface area is 138 Å². The van der Waals surface area contributed by atoms with Gasteiger partial charge < -0.3 is 14.7 Å². The van der Waals surface area contributed by atoms with Crippen molar-refractivity contribution in [1.29, 1.82) is 0 Å². The van der Waals surface area contributed by atoms with Crippen LogP contribution in [0.2, 0.25) is 0 Å². The summed E-state index contributed by atoms with van der Waals surface area (Å²) in [5.74, 6) is 0. The first kappa shape index (κ1) is 17.7. The van der Waals surface area contributed by atoms with Gasteiger partial charge in [0.1, 0.15) is 5.60 Å². The number of piperazine rings is 1. The average molecular weight is 321 g/mol. The van der Waals surface area contributed by atoms with Crippen molar-refractivity contribution in [2.45, 2.75) is 45.9 Å². The normalized spacial score (nSPS) is 17.9. The summed E-state index contributed by atoms with van der Waals surface area (Å²) in [4.78, 5) is 20.3. The van der Waals surface area contributed by atoms with Gasteiger partial charge in [-0.15, -0.1) is 0 Å². The SMILES string of the molecule is CC(O)c1ncccc1CN1CCN(C(=O)OC(C)(C)C)CC1. The molecule has 2 heterocycles. The minimum absolute atomic E-state index is 0.247. The van der Waals surface area contributed by atoms with Gasteiger partial charge in [0.15, 0.2) is 0 Å². The lowest BCUT2D eigenvalue weighted by atomic mass is 10.1. The molecular formula is C17H27N3O3. The van der Waals surface area contributed by atoms with Gasteiger partial charge >= 0.3 is 6.09 Å². The predicted molar refractivity (Wildman–Crippen MR) is 88.0 cm³/mol. The van der Waals surface area contributed by atoms with Crippen LogP contribution in [0.5, 0.6) is 0 Å². The van der Waals surface area contributed by atoms with Crippen molar-refractivity contribution in [3.63, 3.8) is 0 Å². The Morgan fingerprint density at radius 2 is 2.00 bits per heavy atom. The van der Waals surface area contributed by atoms with Gasteiger partial charge in [-0.3, -0.25) is 9.88 Å². The summed E-state index contributed by atoms with van der Waals surface area (Å²) in [6.45, 7) is 11.0. The highest BCUT2D eigenvalue weighted by molar-refractivity contribution is 5.68. The second kappa shape index (κ2) is 7.27. The van der Waals surface area contributed by atoms with Crippen LogP contribution in [0.4, 0.5) is 4.79 Å². The summed E-state index contributed by atoms with van der Waals surface area (Å²) >= 11 is 0. The Hall–Kier alpha value is -1.66. The topological polar surface area (TPSA) is 65.9 Å². The number of carbonyl (C=O) groups is 1. The van der Waals surface area contributed by atoms with E-state index in [0.29, 0.717) is 13.1 Å². The standard InChI is InChI=1S/C17H27N3O3/c1-13(21)15-14(6-5-7-18-15)12-19-8-10-20(11-9-19)16(22)23-17(2,3)4/h5-7,13,21H,8-12H2,1-4H3. The van der Waals surface area contributed by atoms with Gasteiger partial charge in [0.05, 0.1) is 11.8 Å². The molecule has 1 N–H and O–H groups in total. The van der Waals surface area contributed by atoms with Gasteiger partial charge in [-0.1, -0.05) is 6.07 Å².